The summed E-state index contributed by atoms with van der Waals surface area (Å²) in [6, 6.07) is 4.80. The van der Waals surface area contributed by atoms with E-state index >= 15 is 0 Å². The van der Waals surface area contributed by atoms with Gasteiger partial charge in [0.05, 0.1) is 12.1 Å². The van der Waals surface area contributed by atoms with Crippen molar-refractivity contribution in [1.82, 2.24) is 0 Å². The van der Waals surface area contributed by atoms with Gasteiger partial charge in [0, 0.05) is 18.2 Å². The van der Waals surface area contributed by atoms with Gasteiger partial charge in [0.2, 0.25) is 0 Å². The molecule has 2 N–H and O–H groups in total. The van der Waals surface area contributed by atoms with E-state index in [1.807, 2.05) is 0 Å². The number of ether oxygens (including phenoxy) is 1. The first-order chi connectivity index (χ1) is 9.52. The van der Waals surface area contributed by atoms with Gasteiger partial charge in [0.25, 0.3) is 5.91 Å². The molecule has 6 nitrogen and oxygen atoms in total. The first-order valence-electron chi connectivity index (χ1n) is 6.13. The summed E-state index contributed by atoms with van der Waals surface area (Å²) in [6.07, 6.45) is -1.08. The highest BCUT2D eigenvalue weighted by Crippen LogP contribution is 2.36. The van der Waals surface area contributed by atoms with E-state index in [2.05, 4.69) is 0 Å². The monoisotopic (exact) mass is 299 g/mol. The number of benzene rings is 1. The van der Waals surface area contributed by atoms with Gasteiger partial charge in [-0.3, -0.25) is 9.59 Å². The number of anilines is 1. The highest BCUT2D eigenvalue weighted by Gasteiger charge is 2.35. The molecule has 1 amide bonds. The number of hydrogen-bond donors (Lipinski definition) is 2. The van der Waals surface area contributed by atoms with Crippen LogP contribution in [-0.2, 0) is 9.59 Å². The average Bonchev–Trinajstić information content (AvgIpc) is 2.39. The Hall–Kier alpha value is -1.79. The van der Waals surface area contributed by atoms with Crippen molar-refractivity contribution in [2.75, 3.05) is 18.1 Å². The lowest BCUT2D eigenvalue weighted by Crippen LogP contribution is -2.47. The van der Waals surface area contributed by atoms with Gasteiger partial charge < -0.3 is 19.8 Å². The van der Waals surface area contributed by atoms with Crippen LogP contribution in [0.25, 0.3) is 0 Å². The highest BCUT2D eigenvalue weighted by molar-refractivity contribution is 6.31. The van der Waals surface area contributed by atoms with Crippen LogP contribution in [0.2, 0.25) is 5.02 Å². The zero-order chi connectivity index (χ0) is 14.7. The lowest BCUT2D eigenvalue weighted by Gasteiger charge is -2.34. The van der Waals surface area contributed by atoms with Crippen molar-refractivity contribution in [3.8, 4) is 5.75 Å². The molecule has 1 aliphatic heterocycles. The summed E-state index contributed by atoms with van der Waals surface area (Å²) in [5, 5.41) is 18.2. The summed E-state index contributed by atoms with van der Waals surface area (Å²) >= 11 is 5.91. The lowest BCUT2D eigenvalue weighted by atomic mass is 10.1. The van der Waals surface area contributed by atoms with Crippen molar-refractivity contribution >= 4 is 29.2 Å². The Labute approximate surface area is 120 Å². The van der Waals surface area contributed by atoms with Crippen LogP contribution in [0.1, 0.15) is 12.8 Å². The standard InChI is InChI=1S/C13H14ClNO5/c14-8-2-3-10-9(6-8)15(4-1-5-16)13(19)11(20-10)7-12(17)18/h2-3,6,11,16H,1,4-5,7H2,(H,17,18). The van der Waals surface area contributed by atoms with Gasteiger partial charge in [0.15, 0.2) is 6.10 Å². The Kier molecular flexibility index (Phi) is 4.46. The molecule has 0 aliphatic carbocycles. The quantitative estimate of drug-likeness (QED) is 0.855. The number of carboxylic acid groups (broad SMARTS) is 1. The van der Waals surface area contributed by atoms with Gasteiger partial charge in [0.1, 0.15) is 5.75 Å². The van der Waals surface area contributed by atoms with Crippen molar-refractivity contribution in [2.45, 2.75) is 18.9 Å². The number of halogens is 1. The van der Waals surface area contributed by atoms with Crippen LogP contribution in [0, 0.1) is 0 Å². The number of hydrogen-bond acceptors (Lipinski definition) is 4. The number of rotatable bonds is 5. The van der Waals surface area contributed by atoms with Crippen molar-refractivity contribution in [3.63, 3.8) is 0 Å². The molecule has 1 aromatic carbocycles. The fourth-order valence-electron chi connectivity index (χ4n) is 2.04. The van der Waals surface area contributed by atoms with Gasteiger partial charge in [-0.25, -0.2) is 0 Å². The van der Waals surface area contributed by atoms with Crippen LogP contribution in [0.3, 0.4) is 0 Å². The average molecular weight is 300 g/mol. The number of aliphatic hydroxyl groups is 1. The number of nitrogens with zero attached hydrogens (tertiary/aromatic N) is 1. The summed E-state index contributed by atoms with van der Waals surface area (Å²) in [5.74, 6) is -1.13. The highest BCUT2D eigenvalue weighted by atomic mass is 35.5. The second-order valence-electron chi connectivity index (χ2n) is 4.38. The Morgan fingerprint density at radius 3 is 2.85 bits per heavy atom. The number of carbonyl (C=O) groups is 2. The number of amides is 1. The number of aliphatic hydroxyl groups excluding tert-OH is 1. The molecular weight excluding hydrogens is 286 g/mol. The Morgan fingerprint density at radius 1 is 1.45 bits per heavy atom. The molecule has 1 aromatic rings. The molecule has 0 radical (unpaired) electrons. The zero-order valence-corrected chi connectivity index (χ0v) is 11.3. The smallest absolute Gasteiger partial charge is 0.307 e. The Balaban J connectivity index is 2.34. The van der Waals surface area contributed by atoms with Crippen molar-refractivity contribution in [1.29, 1.82) is 0 Å². The second-order valence-corrected chi connectivity index (χ2v) is 4.82. The summed E-state index contributed by atoms with van der Waals surface area (Å²) in [4.78, 5) is 24.5. The van der Waals surface area contributed by atoms with Crippen LogP contribution in [0.4, 0.5) is 5.69 Å². The summed E-state index contributed by atoms with van der Waals surface area (Å²) < 4.78 is 5.43. The molecule has 0 saturated carbocycles. The van der Waals surface area contributed by atoms with E-state index in [9.17, 15) is 9.59 Å². The number of carboxylic acids is 1. The fourth-order valence-corrected chi connectivity index (χ4v) is 2.21. The molecule has 1 atom stereocenters. The van der Waals surface area contributed by atoms with Gasteiger partial charge in [-0.05, 0) is 24.6 Å². The first-order valence-corrected chi connectivity index (χ1v) is 6.51. The predicted molar refractivity (Wildman–Crippen MR) is 72.2 cm³/mol. The van der Waals surface area contributed by atoms with Crippen molar-refractivity contribution in [3.05, 3.63) is 23.2 Å². The normalized spacial score (nSPS) is 17.6. The molecule has 1 unspecified atom stereocenters. The molecule has 1 aliphatic rings. The molecule has 0 bridgehead atoms. The summed E-state index contributed by atoms with van der Waals surface area (Å²) in [6.45, 7) is 0.215. The molecule has 0 fully saturated rings. The maximum atomic E-state index is 12.3. The van der Waals surface area contributed by atoms with E-state index in [-0.39, 0.29) is 13.2 Å². The zero-order valence-electron chi connectivity index (χ0n) is 10.6. The molecule has 0 saturated heterocycles. The summed E-state index contributed by atoms with van der Waals surface area (Å²) in [5.41, 5.74) is 0.498. The summed E-state index contributed by atoms with van der Waals surface area (Å²) in [7, 11) is 0. The van der Waals surface area contributed by atoms with Crippen LogP contribution in [0.5, 0.6) is 5.75 Å². The fraction of sp³-hybridized carbons (Fsp3) is 0.385. The molecule has 7 heteroatoms. The van der Waals surface area contributed by atoms with E-state index in [0.29, 0.717) is 22.9 Å². The minimum atomic E-state index is -1.11. The van der Waals surface area contributed by atoms with E-state index < -0.39 is 24.4 Å². The van der Waals surface area contributed by atoms with Gasteiger partial charge in [-0.15, -0.1) is 0 Å². The van der Waals surface area contributed by atoms with Crippen LogP contribution < -0.4 is 9.64 Å². The van der Waals surface area contributed by atoms with Crippen LogP contribution in [0.15, 0.2) is 18.2 Å². The van der Waals surface area contributed by atoms with Crippen LogP contribution >= 0.6 is 11.6 Å². The third-order valence-corrected chi connectivity index (χ3v) is 3.16. The molecule has 20 heavy (non-hydrogen) atoms. The van der Waals surface area contributed by atoms with Gasteiger partial charge >= 0.3 is 5.97 Å². The molecular formula is C13H14ClNO5. The Bertz CT molecular complexity index is 533. The number of aliphatic carboxylic acids is 1. The largest absolute Gasteiger partial charge is 0.481 e. The molecule has 0 spiro atoms. The van der Waals surface area contributed by atoms with Crippen molar-refractivity contribution < 1.29 is 24.5 Å². The van der Waals surface area contributed by atoms with Crippen molar-refractivity contribution in [2.24, 2.45) is 0 Å². The second kappa shape index (κ2) is 6.11. The SMILES string of the molecule is O=C(O)CC1Oc2ccc(Cl)cc2N(CCCO)C1=O. The lowest BCUT2D eigenvalue weighted by molar-refractivity contribution is -0.142. The minimum absolute atomic E-state index is 0.0653. The van der Waals surface area contributed by atoms with Gasteiger partial charge in [-0.2, -0.15) is 0 Å². The van der Waals surface area contributed by atoms with Gasteiger partial charge in [-0.1, -0.05) is 11.6 Å². The number of carbonyl (C=O) groups excluding carboxylic acids is 1. The van der Waals surface area contributed by atoms with Crippen LogP contribution in [-0.4, -0.2) is 41.3 Å². The maximum absolute atomic E-state index is 12.3. The minimum Gasteiger partial charge on any atom is -0.481 e. The maximum Gasteiger partial charge on any atom is 0.307 e. The molecule has 1 heterocycles. The third-order valence-electron chi connectivity index (χ3n) is 2.92. The van der Waals surface area contributed by atoms with E-state index in [4.69, 9.17) is 26.6 Å². The Morgan fingerprint density at radius 2 is 2.20 bits per heavy atom. The molecule has 108 valence electrons. The molecule has 2 rings (SSSR count). The number of fused-ring (bicyclic) bond motifs is 1. The predicted octanol–water partition coefficient (Wildman–Crippen LogP) is 1.29. The topological polar surface area (TPSA) is 87.1 Å². The van der Waals surface area contributed by atoms with E-state index in [0.717, 1.165) is 0 Å². The third kappa shape index (κ3) is 3.02. The van der Waals surface area contributed by atoms with E-state index in [1.54, 1.807) is 18.2 Å². The van der Waals surface area contributed by atoms with E-state index in [1.165, 1.54) is 4.90 Å². The molecule has 0 aromatic heterocycles. The first kappa shape index (κ1) is 14.6.